The Bertz CT molecular complexity index is 359. The third-order valence-electron chi connectivity index (χ3n) is 3.59. The molecule has 3 N–H and O–H groups in total. The highest BCUT2D eigenvalue weighted by atomic mass is 16.5. The lowest BCUT2D eigenvalue weighted by molar-refractivity contribution is 0.417. The van der Waals surface area contributed by atoms with E-state index in [2.05, 4.69) is 5.32 Å². The first-order valence-electron chi connectivity index (χ1n) is 6.47. The molecule has 0 unspecified atom stereocenters. The zero-order valence-electron chi connectivity index (χ0n) is 10.5. The minimum Gasteiger partial charge on any atom is -0.495 e. The number of methoxy groups -OCH3 is 1. The number of rotatable bonds is 5. The zero-order chi connectivity index (χ0) is 12.1. The average molecular weight is 234 g/mol. The molecule has 1 aromatic rings. The maximum atomic E-state index is 5.78. The van der Waals surface area contributed by atoms with Gasteiger partial charge in [0.15, 0.2) is 0 Å². The molecule has 0 atom stereocenters. The minimum absolute atomic E-state index is 0.689. The molecule has 0 spiro atoms. The van der Waals surface area contributed by atoms with Crippen LogP contribution in [-0.2, 0) is 0 Å². The summed E-state index contributed by atoms with van der Waals surface area (Å²) in [7, 11) is 1.65. The highest BCUT2D eigenvalue weighted by Gasteiger charge is 2.14. The lowest BCUT2D eigenvalue weighted by Gasteiger charge is -2.12. The number of anilines is 2. The molecular formula is C14H22N2O. The van der Waals surface area contributed by atoms with Crippen molar-refractivity contribution in [1.29, 1.82) is 0 Å². The van der Waals surface area contributed by atoms with E-state index in [0.717, 1.165) is 23.9 Å². The van der Waals surface area contributed by atoms with Crippen LogP contribution >= 0.6 is 0 Å². The second-order valence-electron chi connectivity index (χ2n) is 4.82. The van der Waals surface area contributed by atoms with Crippen molar-refractivity contribution in [2.75, 3.05) is 24.7 Å². The lowest BCUT2D eigenvalue weighted by Crippen LogP contribution is -2.06. The monoisotopic (exact) mass is 234 g/mol. The van der Waals surface area contributed by atoms with E-state index in [-0.39, 0.29) is 0 Å². The Morgan fingerprint density at radius 1 is 1.35 bits per heavy atom. The fourth-order valence-corrected chi connectivity index (χ4v) is 2.54. The Hall–Kier alpha value is -1.38. The van der Waals surface area contributed by atoms with Crippen LogP contribution in [0.5, 0.6) is 5.75 Å². The molecule has 1 aliphatic rings. The van der Waals surface area contributed by atoms with Crippen molar-refractivity contribution in [3.63, 3.8) is 0 Å². The summed E-state index contributed by atoms with van der Waals surface area (Å²) in [5.41, 5.74) is 7.56. The molecule has 3 heteroatoms. The third-order valence-corrected chi connectivity index (χ3v) is 3.59. The van der Waals surface area contributed by atoms with Gasteiger partial charge in [0.25, 0.3) is 0 Å². The van der Waals surface area contributed by atoms with Gasteiger partial charge in [-0.05, 0) is 24.5 Å². The van der Waals surface area contributed by atoms with E-state index in [9.17, 15) is 0 Å². The molecule has 3 nitrogen and oxygen atoms in total. The van der Waals surface area contributed by atoms with Gasteiger partial charge in [-0.15, -0.1) is 0 Å². The van der Waals surface area contributed by atoms with E-state index < -0.39 is 0 Å². The molecule has 0 aliphatic heterocycles. The molecule has 1 fully saturated rings. The van der Waals surface area contributed by atoms with Crippen LogP contribution in [0.15, 0.2) is 18.2 Å². The van der Waals surface area contributed by atoms with Crippen LogP contribution < -0.4 is 15.8 Å². The van der Waals surface area contributed by atoms with Crippen molar-refractivity contribution in [2.45, 2.75) is 32.1 Å². The van der Waals surface area contributed by atoms with Gasteiger partial charge in [-0.2, -0.15) is 0 Å². The fraction of sp³-hybridized carbons (Fsp3) is 0.571. The van der Waals surface area contributed by atoms with Crippen molar-refractivity contribution in [2.24, 2.45) is 5.92 Å². The molecule has 0 radical (unpaired) electrons. The lowest BCUT2D eigenvalue weighted by atomic mass is 10.0. The summed E-state index contributed by atoms with van der Waals surface area (Å²) >= 11 is 0. The first kappa shape index (κ1) is 12.1. The molecule has 0 amide bonds. The van der Waals surface area contributed by atoms with E-state index in [1.54, 1.807) is 7.11 Å². The van der Waals surface area contributed by atoms with E-state index in [1.165, 1.54) is 32.1 Å². The molecule has 1 aliphatic carbocycles. The maximum Gasteiger partial charge on any atom is 0.143 e. The average Bonchev–Trinajstić information content (AvgIpc) is 2.84. The normalized spacial score (nSPS) is 16.1. The van der Waals surface area contributed by atoms with Crippen LogP contribution in [0, 0.1) is 5.92 Å². The van der Waals surface area contributed by atoms with E-state index >= 15 is 0 Å². The number of nitrogens with two attached hydrogens (primary N) is 1. The standard InChI is InChI=1S/C14H22N2O/c1-17-14-10-12(6-7-13(14)15)16-9-8-11-4-2-3-5-11/h6-7,10-11,16H,2-5,8-9,15H2,1H3. The van der Waals surface area contributed by atoms with Crippen LogP contribution in [0.2, 0.25) is 0 Å². The molecule has 17 heavy (non-hydrogen) atoms. The topological polar surface area (TPSA) is 47.3 Å². The van der Waals surface area contributed by atoms with Gasteiger partial charge in [-0.3, -0.25) is 0 Å². The SMILES string of the molecule is COc1cc(NCCC2CCCC2)ccc1N. The van der Waals surface area contributed by atoms with Crippen LogP contribution in [0.4, 0.5) is 11.4 Å². The van der Waals surface area contributed by atoms with Crippen LogP contribution in [0.3, 0.4) is 0 Å². The third kappa shape index (κ3) is 3.29. The molecule has 2 rings (SSSR count). The van der Waals surface area contributed by atoms with Gasteiger partial charge in [0.2, 0.25) is 0 Å². The number of nitrogen functional groups attached to an aromatic ring is 1. The summed E-state index contributed by atoms with van der Waals surface area (Å²) in [6.45, 7) is 1.04. The van der Waals surface area contributed by atoms with Crippen molar-refractivity contribution in [3.8, 4) is 5.75 Å². The summed E-state index contributed by atoms with van der Waals surface area (Å²) in [4.78, 5) is 0. The molecule has 1 saturated carbocycles. The van der Waals surface area contributed by atoms with Crippen LogP contribution in [0.1, 0.15) is 32.1 Å². The van der Waals surface area contributed by atoms with E-state index in [1.807, 2.05) is 18.2 Å². The summed E-state index contributed by atoms with van der Waals surface area (Å²) in [5, 5.41) is 3.44. The summed E-state index contributed by atoms with van der Waals surface area (Å²) in [5.74, 6) is 1.68. The Morgan fingerprint density at radius 2 is 2.12 bits per heavy atom. The number of ether oxygens (including phenoxy) is 1. The van der Waals surface area contributed by atoms with Crippen molar-refractivity contribution < 1.29 is 4.74 Å². The van der Waals surface area contributed by atoms with Crippen molar-refractivity contribution in [3.05, 3.63) is 18.2 Å². The van der Waals surface area contributed by atoms with Gasteiger partial charge in [0.1, 0.15) is 5.75 Å². The highest BCUT2D eigenvalue weighted by Crippen LogP contribution is 2.28. The van der Waals surface area contributed by atoms with Crippen molar-refractivity contribution in [1.82, 2.24) is 0 Å². The number of nitrogens with one attached hydrogen (secondary N) is 1. The Kier molecular flexibility index (Phi) is 4.13. The molecule has 1 aromatic carbocycles. The predicted molar refractivity (Wildman–Crippen MR) is 72.5 cm³/mol. The molecular weight excluding hydrogens is 212 g/mol. The largest absolute Gasteiger partial charge is 0.495 e. The van der Waals surface area contributed by atoms with E-state index in [4.69, 9.17) is 10.5 Å². The Balaban J connectivity index is 1.81. The predicted octanol–water partition coefficient (Wildman–Crippen LogP) is 3.27. The van der Waals surface area contributed by atoms with Crippen LogP contribution in [0.25, 0.3) is 0 Å². The first-order valence-corrected chi connectivity index (χ1v) is 6.47. The second-order valence-corrected chi connectivity index (χ2v) is 4.82. The molecule has 0 heterocycles. The Labute approximate surface area is 103 Å². The second kappa shape index (κ2) is 5.80. The van der Waals surface area contributed by atoms with Gasteiger partial charge >= 0.3 is 0 Å². The molecule has 0 saturated heterocycles. The maximum absolute atomic E-state index is 5.78. The molecule has 0 bridgehead atoms. The quantitative estimate of drug-likeness (QED) is 0.769. The summed E-state index contributed by atoms with van der Waals surface area (Å²) in [6, 6.07) is 5.85. The Morgan fingerprint density at radius 3 is 2.82 bits per heavy atom. The number of benzene rings is 1. The summed E-state index contributed by atoms with van der Waals surface area (Å²) < 4.78 is 5.20. The fourth-order valence-electron chi connectivity index (χ4n) is 2.54. The van der Waals surface area contributed by atoms with Crippen LogP contribution in [-0.4, -0.2) is 13.7 Å². The first-order chi connectivity index (χ1) is 8.29. The molecule has 94 valence electrons. The highest BCUT2D eigenvalue weighted by molar-refractivity contribution is 5.61. The van der Waals surface area contributed by atoms with Gasteiger partial charge in [-0.1, -0.05) is 25.7 Å². The van der Waals surface area contributed by atoms with Gasteiger partial charge in [0.05, 0.1) is 12.8 Å². The van der Waals surface area contributed by atoms with Gasteiger partial charge in [-0.25, -0.2) is 0 Å². The molecule has 0 aromatic heterocycles. The zero-order valence-corrected chi connectivity index (χ0v) is 10.5. The van der Waals surface area contributed by atoms with Gasteiger partial charge in [0, 0.05) is 18.3 Å². The van der Waals surface area contributed by atoms with E-state index in [0.29, 0.717) is 5.69 Å². The number of hydrogen-bond donors (Lipinski definition) is 2. The van der Waals surface area contributed by atoms with Gasteiger partial charge < -0.3 is 15.8 Å². The number of hydrogen-bond acceptors (Lipinski definition) is 3. The smallest absolute Gasteiger partial charge is 0.143 e. The summed E-state index contributed by atoms with van der Waals surface area (Å²) in [6.07, 6.45) is 6.92. The van der Waals surface area contributed by atoms with Crippen molar-refractivity contribution >= 4 is 11.4 Å². The minimum atomic E-state index is 0.689.